The highest BCUT2D eigenvalue weighted by atomic mass is 32.2. The van der Waals surface area contributed by atoms with Crippen LogP contribution >= 0.6 is 11.8 Å². The number of thioether (sulfide) groups is 1. The molecule has 6 nitrogen and oxygen atoms in total. The van der Waals surface area contributed by atoms with E-state index in [9.17, 15) is 31.5 Å². The fourth-order valence-electron chi connectivity index (χ4n) is 2.78. The average Bonchev–Trinajstić information content (AvgIpc) is 3.14. The van der Waals surface area contributed by atoms with E-state index in [1.54, 1.807) is 30.3 Å². The third-order valence-corrected chi connectivity index (χ3v) is 5.20. The van der Waals surface area contributed by atoms with Gasteiger partial charge in [0.1, 0.15) is 6.54 Å². The maximum atomic E-state index is 13.2. The summed E-state index contributed by atoms with van der Waals surface area (Å²) >= 11 is 0.787. The predicted octanol–water partition coefficient (Wildman–Crippen LogP) is 4.24. The minimum absolute atomic E-state index is 0.00476. The Kier molecular flexibility index (Phi) is 7.69. The van der Waals surface area contributed by atoms with Gasteiger partial charge in [0.25, 0.3) is 0 Å². The highest BCUT2D eigenvalue weighted by molar-refractivity contribution is 7.99. The molecule has 1 heterocycles. The van der Waals surface area contributed by atoms with Crippen molar-refractivity contribution in [2.45, 2.75) is 17.9 Å². The third kappa shape index (κ3) is 7.04. The second kappa shape index (κ2) is 10.5. The van der Waals surface area contributed by atoms with Crippen molar-refractivity contribution in [1.29, 1.82) is 0 Å². The highest BCUT2D eigenvalue weighted by Gasteiger charge is 2.31. The topological polar surface area (TPSA) is 76.0 Å². The molecule has 0 radical (unpaired) electrons. The number of imidazole rings is 1. The highest BCUT2D eigenvalue weighted by Crippen LogP contribution is 2.29. The average molecular weight is 484 g/mol. The fraction of sp³-hybridized carbons (Fsp3) is 0.190. The van der Waals surface area contributed by atoms with Crippen molar-refractivity contribution in [2.24, 2.45) is 0 Å². The summed E-state index contributed by atoms with van der Waals surface area (Å²) in [4.78, 5) is 27.9. The SMILES string of the molecule is O=C(CSc1ncc(-c2ccccc2)n1CC(F)(F)F)NCC(=O)Nc1ccc(F)c(F)c1. The molecule has 2 amide bonds. The Hall–Kier alpha value is -3.41. The van der Waals surface area contributed by atoms with Crippen LogP contribution in [0.15, 0.2) is 59.9 Å². The van der Waals surface area contributed by atoms with E-state index in [1.165, 1.54) is 6.20 Å². The maximum absolute atomic E-state index is 13.2. The van der Waals surface area contributed by atoms with Crippen LogP contribution < -0.4 is 10.6 Å². The van der Waals surface area contributed by atoms with Gasteiger partial charge in [-0.15, -0.1) is 0 Å². The van der Waals surface area contributed by atoms with Gasteiger partial charge in [-0.3, -0.25) is 9.59 Å². The smallest absolute Gasteiger partial charge is 0.346 e. The van der Waals surface area contributed by atoms with Gasteiger partial charge in [-0.2, -0.15) is 13.2 Å². The van der Waals surface area contributed by atoms with Crippen molar-refractivity contribution in [3.63, 3.8) is 0 Å². The molecule has 0 aliphatic rings. The molecule has 0 unspecified atom stereocenters. The van der Waals surface area contributed by atoms with Crippen LogP contribution in [0.25, 0.3) is 11.3 Å². The largest absolute Gasteiger partial charge is 0.406 e. The number of nitrogens with one attached hydrogen (secondary N) is 2. The van der Waals surface area contributed by atoms with Gasteiger partial charge in [0.05, 0.1) is 24.2 Å². The summed E-state index contributed by atoms with van der Waals surface area (Å²) in [5, 5.41) is 4.59. The van der Waals surface area contributed by atoms with Crippen LogP contribution in [0, 0.1) is 11.6 Å². The first-order valence-electron chi connectivity index (χ1n) is 9.44. The van der Waals surface area contributed by atoms with E-state index < -0.39 is 42.7 Å². The first-order chi connectivity index (χ1) is 15.6. The van der Waals surface area contributed by atoms with Crippen LogP contribution in [0.5, 0.6) is 0 Å². The van der Waals surface area contributed by atoms with Crippen molar-refractivity contribution in [3.05, 3.63) is 66.4 Å². The molecule has 3 rings (SSSR count). The zero-order valence-corrected chi connectivity index (χ0v) is 17.6. The van der Waals surface area contributed by atoms with Crippen molar-refractivity contribution >= 4 is 29.3 Å². The predicted molar refractivity (Wildman–Crippen MR) is 112 cm³/mol. The van der Waals surface area contributed by atoms with Crippen LogP contribution in [-0.2, 0) is 16.1 Å². The number of carbonyl (C=O) groups excluding carboxylic acids is 2. The van der Waals surface area contributed by atoms with E-state index in [-0.39, 0.29) is 22.3 Å². The summed E-state index contributed by atoms with van der Waals surface area (Å²) in [6, 6.07) is 11.2. The number of anilines is 1. The zero-order valence-electron chi connectivity index (χ0n) is 16.8. The number of rotatable bonds is 8. The van der Waals surface area contributed by atoms with Crippen LogP contribution in [0.1, 0.15) is 0 Å². The van der Waals surface area contributed by atoms with Gasteiger partial charge in [0.2, 0.25) is 11.8 Å². The molecule has 0 aliphatic heterocycles. The first-order valence-corrected chi connectivity index (χ1v) is 10.4. The van der Waals surface area contributed by atoms with E-state index in [1.807, 2.05) is 0 Å². The number of carbonyl (C=O) groups is 2. The van der Waals surface area contributed by atoms with Crippen molar-refractivity contribution in [3.8, 4) is 11.3 Å². The van der Waals surface area contributed by atoms with Crippen LogP contribution in [0.2, 0.25) is 0 Å². The number of hydrogen-bond acceptors (Lipinski definition) is 4. The van der Waals surface area contributed by atoms with E-state index in [0.717, 1.165) is 34.5 Å². The molecule has 3 aromatic rings. The summed E-state index contributed by atoms with van der Waals surface area (Å²) < 4.78 is 66.4. The van der Waals surface area contributed by atoms with Crippen molar-refractivity contribution in [1.82, 2.24) is 14.9 Å². The normalized spacial score (nSPS) is 11.3. The number of halogens is 5. The van der Waals surface area contributed by atoms with Gasteiger partial charge < -0.3 is 15.2 Å². The van der Waals surface area contributed by atoms with Gasteiger partial charge in [-0.25, -0.2) is 13.8 Å². The number of hydrogen-bond donors (Lipinski definition) is 2. The first kappa shape index (κ1) is 24.2. The van der Waals surface area contributed by atoms with Gasteiger partial charge in [-0.05, 0) is 17.7 Å². The third-order valence-electron chi connectivity index (χ3n) is 4.21. The molecule has 0 saturated heterocycles. The molecule has 0 fully saturated rings. The summed E-state index contributed by atoms with van der Waals surface area (Å²) in [7, 11) is 0. The monoisotopic (exact) mass is 484 g/mol. The molecule has 0 atom stereocenters. The standard InChI is InChI=1S/C21H17F5N4O2S/c22-15-7-6-14(8-16(15)23)29-18(31)10-27-19(32)11-33-20-28-9-17(13-4-2-1-3-5-13)30(20)12-21(24,25)26/h1-9H,10-12H2,(H,27,32)(H,29,31). The van der Waals surface area contributed by atoms with Gasteiger partial charge in [0.15, 0.2) is 16.8 Å². The molecule has 1 aromatic heterocycles. The molecule has 33 heavy (non-hydrogen) atoms. The second-order valence-electron chi connectivity index (χ2n) is 6.74. The maximum Gasteiger partial charge on any atom is 0.406 e. The van der Waals surface area contributed by atoms with Gasteiger partial charge >= 0.3 is 6.18 Å². The molecule has 12 heteroatoms. The van der Waals surface area contributed by atoms with E-state index in [4.69, 9.17) is 0 Å². The molecule has 2 N–H and O–H groups in total. The molecule has 174 valence electrons. The molecule has 2 aromatic carbocycles. The van der Waals surface area contributed by atoms with Gasteiger partial charge in [0, 0.05) is 11.8 Å². The molecule has 0 aliphatic carbocycles. The van der Waals surface area contributed by atoms with Gasteiger partial charge in [-0.1, -0.05) is 42.1 Å². The number of amides is 2. The summed E-state index contributed by atoms with van der Waals surface area (Å²) in [6.07, 6.45) is -3.20. The number of alkyl halides is 3. The number of nitrogens with zero attached hydrogens (tertiary/aromatic N) is 2. The van der Waals surface area contributed by atoms with Crippen molar-refractivity contribution in [2.75, 3.05) is 17.6 Å². The van der Waals surface area contributed by atoms with Crippen LogP contribution in [-0.4, -0.2) is 39.8 Å². The van der Waals surface area contributed by atoms with Crippen LogP contribution in [0.4, 0.5) is 27.6 Å². The second-order valence-corrected chi connectivity index (χ2v) is 7.68. The molecular formula is C21H17F5N4O2S. The Morgan fingerprint density at radius 2 is 1.73 bits per heavy atom. The minimum atomic E-state index is -4.50. The summed E-state index contributed by atoms with van der Waals surface area (Å²) in [5.41, 5.74) is 0.798. The lowest BCUT2D eigenvalue weighted by Crippen LogP contribution is -2.34. The Morgan fingerprint density at radius 3 is 2.39 bits per heavy atom. The van der Waals surface area contributed by atoms with E-state index >= 15 is 0 Å². The van der Waals surface area contributed by atoms with E-state index in [0.29, 0.717) is 5.56 Å². The molecule has 0 bridgehead atoms. The lowest BCUT2D eigenvalue weighted by Gasteiger charge is -2.14. The van der Waals surface area contributed by atoms with Crippen molar-refractivity contribution < 1.29 is 31.5 Å². The Bertz CT molecular complexity index is 1140. The summed E-state index contributed by atoms with van der Waals surface area (Å²) in [6.45, 7) is -1.75. The lowest BCUT2D eigenvalue weighted by molar-refractivity contribution is -0.141. The van der Waals surface area contributed by atoms with Crippen LogP contribution in [0.3, 0.4) is 0 Å². The molecule has 0 spiro atoms. The Balaban J connectivity index is 1.58. The van der Waals surface area contributed by atoms with E-state index in [2.05, 4.69) is 15.6 Å². The molecular weight excluding hydrogens is 467 g/mol. The fourth-order valence-corrected chi connectivity index (χ4v) is 3.59. The lowest BCUT2D eigenvalue weighted by atomic mass is 10.2. The molecule has 0 saturated carbocycles. The Labute approximate surface area is 189 Å². The minimum Gasteiger partial charge on any atom is -0.346 e. The quantitative estimate of drug-likeness (QED) is 0.371. The number of benzene rings is 2. The number of aromatic nitrogens is 2. The summed E-state index contributed by atoms with van der Waals surface area (Å²) in [5.74, 6) is -3.82. The zero-order chi connectivity index (χ0) is 24.0. The Morgan fingerprint density at radius 1 is 1.00 bits per heavy atom.